The summed E-state index contributed by atoms with van der Waals surface area (Å²) in [4.78, 5) is 12.7. The lowest BCUT2D eigenvalue weighted by molar-refractivity contribution is 0.0940. The predicted molar refractivity (Wildman–Crippen MR) is 102 cm³/mol. The first kappa shape index (κ1) is 18.7. The van der Waals surface area contributed by atoms with Gasteiger partial charge in [-0.3, -0.25) is 4.79 Å². The Labute approximate surface area is 170 Å². The molecule has 5 nitrogen and oxygen atoms in total. The molecule has 2 aliphatic rings. The van der Waals surface area contributed by atoms with E-state index in [1.165, 1.54) is 41.1 Å². The summed E-state index contributed by atoms with van der Waals surface area (Å²) >= 11 is 0. The van der Waals surface area contributed by atoms with Gasteiger partial charge in [-0.25, -0.2) is 17.9 Å². The SMILES string of the molecule is O=C(NCCOc1ccc(F)cc1)c1nn(-c2ccc(F)cc2F)c2c1C[C@H]1C[C@@H]21. The molecule has 1 fully saturated rings. The Balaban J connectivity index is 1.32. The molecule has 2 aromatic carbocycles. The summed E-state index contributed by atoms with van der Waals surface area (Å²) in [5.41, 5.74) is 2.08. The van der Waals surface area contributed by atoms with Gasteiger partial charge in [0.25, 0.3) is 5.91 Å². The molecule has 154 valence electrons. The van der Waals surface area contributed by atoms with Gasteiger partial charge in [0, 0.05) is 17.5 Å². The Morgan fingerprint density at radius 2 is 1.90 bits per heavy atom. The van der Waals surface area contributed by atoms with Gasteiger partial charge in [0.2, 0.25) is 0 Å². The standard InChI is InChI=1S/C22H18F3N3O2/c23-13-1-4-15(5-2-13)30-8-7-26-22(29)20-17-10-12-9-16(12)21(17)28(27-20)19-6-3-14(24)11-18(19)25/h1-6,11-12,16H,7-10H2,(H,26,29)/t12-,16-/m1/s1. The van der Waals surface area contributed by atoms with E-state index in [0.717, 1.165) is 30.2 Å². The van der Waals surface area contributed by atoms with Crippen LogP contribution in [0.5, 0.6) is 5.75 Å². The number of ether oxygens (including phenoxy) is 1. The van der Waals surface area contributed by atoms with Crippen LogP contribution in [-0.4, -0.2) is 28.8 Å². The largest absolute Gasteiger partial charge is 0.492 e. The van der Waals surface area contributed by atoms with E-state index >= 15 is 0 Å². The summed E-state index contributed by atoms with van der Waals surface area (Å²) in [7, 11) is 0. The van der Waals surface area contributed by atoms with Crippen LogP contribution in [0, 0.1) is 23.4 Å². The highest BCUT2D eigenvalue weighted by atomic mass is 19.1. The lowest BCUT2D eigenvalue weighted by Gasteiger charge is -2.08. The number of aromatic nitrogens is 2. The first-order valence-corrected chi connectivity index (χ1v) is 9.75. The average Bonchev–Trinajstić information content (AvgIpc) is 3.23. The molecule has 0 saturated heterocycles. The van der Waals surface area contributed by atoms with Crippen molar-refractivity contribution in [1.82, 2.24) is 15.1 Å². The second kappa shape index (κ2) is 7.19. The summed E-state index contributed by atoms with van der Waals surface area (Å²) in [6.07, 6.45) is 1.73. The number of hydrogen-bond donors (Lipinski definition) is 1. The van der Waals surface area contributed by atoms with Crippen molar-refractivity contribution in [2.75, 3.05) is 13.2 Å². The monoisotopic (exact) mass is 413 g/mol. The molecule has 1 aromatic heterocycles. The van der Waals surface area contributed by atoms with Crippen LogP contribution in [0.1, 0.15) is 34.1 Å². The number of nitrogens with zero attached hydrogens (tertiary/aromatic N) is 2. The zero-order chi connectivity index (χ0) is 20.8. The van der Waals surface area contributed by atoms with E-state index in [1.807, 2.05) is 0 Å². The highest BCUT2D eigenvalue weighted by Crippen LogP contribution is 2.57. The molecule has 0 spiro atoms. The predicted octanol–water partition coefficient (Wildman–Crippen LogP) is 3.76. The van der Waals surface area contributed by atoms with Crippen molar-refractivity contribution < 1.29 is 22.7 Å². The minimum absolute atomic E-state index is 0.138. The van der Waals surface area contributed by atoms with Gasteiger partial charge in [0.05, 0.1) is 12.2 Å². The van der Waals surface area contributed by atoms with Crippen molar-refractivity contribution in [2.45, 2.75) is 18.8 Å². The number of amides is 1. The fraction of sp³-hybridized carbons (Fsp3) is 0.273. The Hall–Kier alpha value is -3.29. The van der Waals surface area contributed by atoms with Gasteiger partial charge in [-0.15, -0.1) is 0 Å². The number of hydrogen-bond acceptors (Lipinski definition) is 3. The summed E-state index contributed by atoms with van der Waals surface area (Å²) in [6.45, 7) is 0.438. The van der Waals surface area contributed by atoms with E-state index in [0.29, 0.717) is 11.7 Å². The van der Waals surface area contributed by atoms with Crippen molar-refractivity contribution in [3.8, 4) is 11.4 Å². The number of benzene rings is 2. The minimum Gasteiger partial charge on any atom is -0.492 e. The molecule has 1 amide bonds. The van der Waals surface area contributed by atoms with Gasteiger partial charge in [-0.05, 0) is 55.2 Å². The van der Waals surface area contributed by atoms with Crippen LogP contribution in [-0.2, 0) is 6.42 Å². The van der Waals surface area contributed by atoms with Crippen molar-refractivity contribution in [3.05, 3.63) is 76.9 Å². The van der Waals surface area contributed by atoms with Crippen molar-refractivity contribution in [3.63, 3.8) is 0 Å². The second-order valence-electron chi connectivity index (χ2n) is 7.58. The first-order valence-electron chi connectivity index (χ1n) is 9.75. The molecule has 1 N–H and O–H groups in total. The summed E-state index contributed by atoms with van der Waals surface area (Å²) in [5.74, 6) is -0.871. The summed E-state index contributed by atoms with van der Waals surface area (Å²) in [6, 6.07) is 8.94. The molecule has 1 heterocycles. The molecule has 0 unspecified atom stereocenters. The molecular weight excluding hydrogens is 395 g/mol. The summed E-state index contributed by atoms with van der Waals surface area (Å²) < 4.78 is 47.5. The highest BCUT2D eigenvalue weighted by Gasteiger charge is 2.50. The maximum absolute atomic E-state index is 14.3. The summed E-state index contributed by atoms with van der Waals surface area (Å²) in [5, 5.41) is 7.14. The van der Waals surface area contributed by atoms with Crippen molar-refractivity contribution in [1.29, 1.82) is 0 Å². The number of fused-ring (bicyclic) bond motifs is 3. The van der Waals surface area contributed by atoms with E-state index in [1.54, 1.807) is 0 Å². The van der Waals surface area contributed by atoms with Crippen LogP contribution in [0.15, 0.2) is 42.5 Å². The van der Waals surface area contributed by atoms with Crippen LogP contribution in [0.4, 0.5) is 13.2 Å². The number of carbonyl (C=O) groups excluding carboxylic acids is 1. The molecule has 30 heavy (non-hydrogen) atoms. The fourth-order valence-corrected chi connectivity index (χ4v) is 4.08. The Bertz CT molecular complexity index is 1130. The minimum atomic E-state index is -0.718. The van der Waals surface area contributed by atoms with Crippen molar-refractivity contribution in [2.24, 2.45) is 5.92 Å². The quantitative estimate of drug-likeness (QED) is 0.626. The molecule has 2 aliphatic carbocycles. The first-order chi connectivity index (χ1) is 14.5. The van der Waals surface area contributed by atoms with E-state index in [2.05, 4.69) is 10.4 Å². The number of nitrogens with one attached hydrogen (secondary N) is 1. The highest BCUT2D eigenvalue weighted by molar-refractivity contribution is 5.94. The molecule has 8 heteroatoms. The molecule has 1 saturated carbocycles. The van der Waals surface area contributed by atoms with Crippen LogP contribution in [0.2, 0.25) is 0 Å². The van der Waals surface area contributed by atoms with E-state index in [9.17, 15) is 18.0 Å². The van der Waals surface area contributed by atoms with E-state index in [-0.39, 0.29) is 42.2 Å². The fourth-order valence-electron chi connectivity index (χ4n) is 4.08. The average molecular weight is 413 g/mol. The Morgan fingerprint density at radius 3 is 2.67 bits per heavy atom. The number of carbonyl (C=O) groups is 1. The molecule has 3 aromatic rings. The molecular formula is C22H18F3N3O2. The smallest absolute Gasteiger partial charge is 0.272 e. The molecule has 0 aliphatic heterocycles. The Morgan fingerprint density at radius 1 is 1.13 bits per heavy atom. The van der Waals surface area contributed by atoms with Gasteiger partial charge < -0.3 is 10.1 Å². The van der Waals surface area contributed by atoms with Gasteiger partial charge in [-0.1, -0.05) is 0 Å². The lowest BCUT2D eigenvalue weighted by atomic mass is 10.1. The molecule has 0 bridgehead atoms. The van der Waals surface area contributed by atoms with E-state index in [4.69, 9.17) is 4.74 Å². The third kappa shape index (κ3) is 3.32. The third-order valence-electron chi connectivity index (χ3n) is 5.59. The molecule has 5 rings (SSSR count). The van der Waals surface area contributed by atoms with Crippen molar-refractivity contribution >= 4 is 5.91 Å². The van der Waals surface area contributed by atoms with Gasteiger partial charge in [0.1, 0.15) is 29.7 Å². The maximum Gasteiger partial charge on any atom is 0.272 e. The van der Waals surface area contributed by atoms with Crippen LogP contribution >= 0.6 is 0 Å². The molecule has 0 radical (unpaired) electrons. The lowest BCUT2D eigenvalue weighted by Crippen LogP contribution is -2.29. The number of rotatable bonds is 6. The van der Waals surface area contributed by atoms with Crippen LogP contribution < -0.4 is 10.1 Å². The third-order valence-corrected chi connectivity index (χ3v) is 5.59. The van der Waals surface area contributed by atoms with Gasteiger partial charge >= 0.3 is 0 Å². The normalized spacial score (nSPS) is 18.6. The van der Waals surface area contributed by atoms with Gasteiger partial charge in [0.15, 0.2) is 11.5 Å². The Kier molecular flexibility index (Phi) is 4.49. The second-order valence-corrected chi connectivity index (χ2v) is 7.58. The zero-order valence-electron chi connectivity index (χ0n) is 15.9. The van der Waals surface area contributed by atoms with E-state index < -0.39 is 11.6 Å². The van der Waals surface area contributed by atoms with Gasteiger partial charge in [-0.2, -0.15) is 5.10 Å². The van der Waals surface area contributed by atoms with Crippen LogP contribution in [0.3, 0.4) is 0 Å². The zero-order valence-corrected chi connectivity index (χ0v) is 15.9. The topological polar surface area (TPSA) is 56.1 Å². The maximum atomic E-state index is 14.3. The number of halogens is 3. The van der Waals surface area contributed by atoms with Crippen LogP contribution in [0.25, 0.3) is 5.69 Å². The molecule has 2 atom stereocenters.